The van der Waals surface area contributed by atoms with Crippen molar-refractivity contribution in [1.82, 2.24) is 9.80 Å². The number of piperazine rings is 1. The lowest BCUT2D eigenvalue weighted by Gasteiger charge is -2.37. The van der Waals surface area contributed by atoms with Gasteiger partial charge in [-0.15, -0.1) is 0 Å². The highest BCUT2D eigenvalue weighted by Crippen LogP contribution is 2.26. The fourth-order valence-corrected chi connectivity index (χ4v) is 2.90. The van der Waals surface area contributed by atoms with E-state index in [1.807, 2.05) is 20.8 Å². The maximum Gasteiger partial charge on any atom is 0.254 e. The van der Waals surface area contributed by atoms with Crippen molar-refractivity contribution in [3.8, 4) is 5.75 Å². The average Bonchev–Trinajstić information content (AvgIpc) is 2.59. The van der Waals surface area contributed by atoms with Crippen molar-refractivity contribution < 1.29 is 19.1 Å². The van der Waals surface area contributed by atoms with Gasteiger partial charge < -0.3 is 19.9 Å². The predicted molar refractivity (Wildman–Crippen MR) is 99.2 cm³/mol. The van der Waals surface area contributed by atoms with Gasteiger partial charge in [0.2, 0.25) is 11.8 Å². The number of nitrogens with zero attached hydrogens (tertiary/aromatic N) is 2. The topological polar surface area (TPSA) is 79.0 Å². The molecule has 1 aliphatic rings. The number of hydrogen-bond donors (Lipinski definition) is 1. The van der Waals surface area contributed by atoms with Gasteiger partial charge in [-0.1, -0.05) is 20.8 Å². The van der Waals surface area contributed by atoms with Crippen LogP contribution in [0.1, 0.15) is 38.1 Å². The van der Waals surface area contributed by atoms with Gasteiger partial charge in [-0.05, 0) is 18.2 Å². The van der Waals surface area contributed by atoms with Crippen LogP contribution < -0.4 is 10.1 Å². The minimum Gasteiger partial charge on any atom is -0.495 e. The highest BCUT2D eigenvalue weighted by atomic mass is 16.5. The van der Waals surface area contributed by atoms with Crippen molar-refractivity contribution >= 4 is 23.4 Å². The van der Waals surface area contributed by atoms with E-state index in [0.717, 1.165) is 0 Å². The molecule has 26 heavy (non-hydrogen) atoms. The molecule has 1 aromatic carbocycles. The molecule has 0 bridgehead atoms. The van der Waals surface area contributed by atoms with E-state index in [-0.39, 0.29) is 17.7 Å². The van der Waals surface area contributed by atoms with Gasteiger partial charge in [-0.2, -0.15) is 0 Å². The molecule has 1 aliphatic heterocycles. The number of amides is 3. The molecule has 1 fully saturated rings. The van der Waals surface area contributed by atoms with Crippen molar-refractivity contribution in [3.63, 3.8) is 0 Å². The summed E-state index contributed by atoms with van der Waals surface area (Å²) in [6, 6.07) is 4.96. The van der Waals surface area contributed by atoms with Crippen molar-refractivity contribution in [1.29, 1.82) is 0 Å². The summed E-state index contributed by atoms with van der Waals surface area (Å²) in [6.45, 7) is 9.12. The maximum absolute atomic E-state index is 12.8. The Hall–Kier alpha value is -2.57. The maximum atomic E-state index is 12.8. The molecule has 0 spiro atoms. The molecule has 0 unspecified atom stereocenters. The molecule has 0 aliphatic carbocycles. The molecule has 3 amide bonds. The van der Waals surface area contributed by atoms with Gasteiger partial charge in [0.15, 0.2) is 0 Å². The van der Waals surface area contributed by atoms with Crippen LogP contribution in [-0.2, 0) is 9.59 Å². The van der Waals surface area contributed by atoms with Crippen LogP contribution in [0.2, 0.25) is 0 Å². The molecule has 1 N–H and O–H groups in total. The summed E-state index contributed by atoms with van der Waals surface area (Å²) in [5, 5.41) is 2.67. The first-order chi connectivity index (χ1) is 12.1. The number of rotatable bonds is 3. The molecular weight excluding hydrogens is 334 g/mol. The second-order valence-corrected chi connectivity index (χ2v) is 7.43. The lowest BCUT2D eigenvalue weighted by molar-refractivity contribution is -0.140. The lowest BCUT2D eigenvalue weighted by Crippen LogP contribution is -2.53. The fraction of sp³-hybridized carbons (Fsp3) is 0.526. The minimum atomic E-state index is -0.421. The van der Waals surface area contributed by atoms with Crippen LogP contribution in [0.3, 0.4) is 0 Å². The quantitative estimate of drug-likeness (QED) is 0.893. The predicted octanol–water partition coefficient (Wildman–Crippen LogP) is 1.98. The van der Waals surface area contributed by atoms with Crippen LogP contribution in [0.25, 0.3) is 0 Å². The number of methoxy groups -OCH3 is 1. The van der Waals surface area contributed by atoms with E-state index in [1.54, 1.807) is 28.0 Å². The molecular formula is C19H27N3O4. The Bertz CT molecular complexity index is 701. The number of carbonyl (C=O) groups is 3. The van der Waals surface area contributed by atoms with Crippen LogP contribution >= 0.6 is 0 Å². The third-order valence-corrected chi connectivity index (χ3v) is 4.25. The molecule has 0 saturated carbocycles. The largest absolute Gasteiger partial charge is 0.495 e. The highest BCUT2D eigenvalue weighted by molar-refractivity contribution is 5.98. The summed E-state index contributed by atoms with van der Waals surface area (Å²) >= 11 is 0. The minimum absolute atomic E-state index is 0.0991. The molecule has 1 aromatic rings. The van der Waals surface area contributed by atoms with E-state index < -0.39 is 5.41 Å². The van der Waals surface area contributed by atoms with Crippen LogP contribution in [0.4, 0.5) is 5.69 Å². The van der Waals surface area contributed by atoms with E-state index in [4.69, 9.17) is 4.74 Å². The molecule has 7 nitrogen and oxygen atoms in total. The zero-order chi connectivity index (χ0) is 19.5. The Balaban J connectivity index is 2.09. The van der Waals surface area contributed by atoms with E-state index in [1.165, 1.54) is 14.0 Å². The van der Waals surface area contributed by atoms with Crippen LogP contribution in [0, 0.1) is 5.41 Å². The standard InChI is InChI=1S/C19H27N3O4/c1-13(23)20-15-12-14(6-7-16(15)26-5)17(24)21-8-10-22(11-9-21)18(25)19(2,3)4/h6-7,12H,8-11H2,1-5H3,(H,20,23). The zero-order valence-corrected chi connectivity index (χ0v) is 16.1. The Kier molecular flexibility index (Phi) is 5.90. The van der Waals surface area contributed by atoms with Gasteiger partial charge in [-0.25, -0.2) is 0 Å². The second-order valence-electron chi connectivity index (χ2n) is 7.43. The third kappa shape index (κ3) is 4.53. The molecule has 0 atom stereocenters. The van der Waals surface area contributed by atoms with Crippen molar-refractivity contribution in [2.45, 2.75) is 27.7 Å². The molecule has 142 valence electrons. The first kappa shape index (κ1) is 19.8. The van der Waals surface area contributed by atoms with Crippen LogP contribution in [0.5, 0.6) is 5.75 Å². The highest BCUT2D eigenvalue weighted by Gasteiger charge is 2.31. The van der Waals surface area contributed by atoms with Crippen LogP contribution in [0.15, 0.2) is 18.2 Å². The third-order valence-electron chi connectivity index (χ3n) is 4.25. The van der Waals surface area contributed by atoms with Crippen LogP contribution in [-0.4, -0.2) is 60.8 Å². The summed E-state index contributed by atoms with van der Waals surface area (Å²) in [5.41, 5.74) is 0.521. The Morgan fingerprint density at radius 3 is 2.12 bits per heavy atom. The summed E-state index contributed by atoms with van der Waals surface area (Å²) in [5.74, 6) is 0.239. The second kappa shape index (κ2) is 7.76. The average molecular weight is 361 g/mol. The number of ether oxygens (including phenoxy) is 1. The van der Waals surface area contributed by atoms with Gasteiger partial charge in [0.1, 0.15) is 5.75 Å². The van der Waals surface area contributed by atoms with Crippen molar-refractivity contribution in [3.05, 3.63) is 23.8 Å². The van der Waals surface area contributed by atoms with Gasteiger partial charge in [0.25, 0.3) is 5.91 Å². The Morgan fingerprint density at radius 1 is 1.04 bits per heavy atom. The normalized spacial score (nSPS) is 14.8. The molecule has 7 heteroatoms. The molecule has 1 saturated heterocycles. The first-order valence-electron chi connectivity index (χ1n) is 8.67. The van der Waals surface area contributed by atoms with Gasteiger partial charge in [0, 0.05) is 44.1 Å². The number of hydrogen-bond acceptors (Lipinski definition) is 4. The monoisotopic (exact) mass is 361 g/mol. The smallest absolute Gasteiger partial charge is 0.254 e. The van der Waals surface area contributed by atoms with Gasteiger partial charge in [0.05, 0.1) is 12.8 Å². The van der Waals surface area contributed by atoms with Gasteiger partial charge >= 0.3 is 0 Å². The molecule has 2 rings (SSSR count). The summed E-state index contributed by atoms with van der Waals surface area (Å²) in [7, 11) is 1.51. The zero-order valence-electron chi connectivity index (χ0n) is 16.1. The van der Waals surface area contributed by atoms with E-state index in [0.29, 0.717) is 43.2 Å². The molecule has 1 heterocycles. The summed E-state index contributed by atoms with van der Waals surface area (Å²) in [6.07, 6.45) is 0. The Labute approximate surface area is 154 Å². The number of anilines is 1. The van der Waals surface area contributed by atoms with E-state index in [9.17, 15) is 14.4 Å². The number of nitrogens with one attached hydrogen (secondary N) is 1. The molecule has 0 radical (unpaired) electrons. The summed E-state index contributed by atoms with van der Waals surface area (Å²) < 4.78 is 5.21. The van der Waals surface area contributed by atoms with Crippen molar-refractivity contribution in [2.75, 3.05) is 38.6 Å². The lowest BCUT2D eigenvalue weighted by atomic mass is 9.94. The number of carbonyl (C=O) groups excluding carboxylic acids is 3. The SMILES string of the molecule is COc1ccc(C(=O)N2CCN(C(=O)C(C)(C)C)CC2)cc1NC(C)=O. The van der Waals surface area contributed by atoms with Crippen molar-refractivity contribution in [2.24, 2.45) is 5.41 Å². The van der Waals surface area contributed by atoms with E-state index in [2.05, 4.69) is 5.32 Å². The number of benzene rings is 1. The van der Waals surface area contributed by atoms with E-state index >= 15 is 0 Å². The first-order valence-corrected chi connectivity index (χ1v) is 8.67. The van der Waals surface area contributed by atoms with Gasteiger partial charge in [-0.3, -0.25) is 14.4 Å². The molecule has 0 aromatic heterocycles. The summed E-state index contributed by atoms with van der Waals surface area (Å²) in [4.78, 5) is 40.0. The Morgan fingerprint density at radius 2 is 1.62 bits per heavy atom. The fourth-order valence-electron chi connectivity index (χ4n) is 2.90.